The summed E-state index contributed by atoms with van der Waals surface area (Å²) in [5.41, 5.74) is 3.37. The number of hydrogen-bond donors (Lipinski definition) is 3. The van der Waals surface area contributed by atoms with Gasteiger partial charge >= 0.3 is 6.03 Å². The summed E-state index contributed by atoms with van der Waals surface area (Å²) >= 11 is 0. The number of methoxy groups -OCH3 is 1. The molecule has 0 bridgehead atoms. The molecule has 0 aromatic heterocycles. The molecule has 2 aromatic rings. The molecule has 0 aliphatic carbocycles. The minimum absolute atomic E-state index is 0.0718. The van der Waals surface area contributed by atoms with Gasteiger partial charge in [0.2, 0.25) is 5.91 Å². The molecule has 0 unspecified atom stereocenters. The highest BCUT2D eigenvalue weighted by atomic mass is 16.5. The fraction of sp³-hybridized carbons (Fsp3) is 0.263. The third-order valence-corrected chi connectivity index (χ3v) is 3.48. The van der Waals surface area contributed by atoms with Crippen LogP contribution in [0.15, 0.2) is 48.5 Å². The van der Waals surface area contributed by atoms with Crippen molar-refractivity contribution in [1.29, 1.82) is 0 Å². The summed E-state index contributed by atoms with van der Waals surface area (Å²) in [6.07, 6.45) is 0.327. The summed E-state index contributed by atoms with van der Waals surface area (Å²) in [6, 6.07) is 14.6. The lowest BCUT2D eigenvalue weighted by Gasteiger charge is -2.10. The molecule has 0 atom stereocenters. The van der Waals surface area contributed by atoms with Crippen LogP contribution in [0.4, 0.5) is 16.2 Å². The number of anilines is 2. The number of ether oxygens (including phenoxy) is 1. The maximum atomic E-state index is 12.1. The first kappa shape index (κ1) is 18.5. The highest BCUT2D eigenvalue weighted by Gasteiger charge is 2.05. The third kappa shape index (κ3) is 6.64. The van der Waals surface area contributed by atoms with Crippen LogP contribution in [-0.4, -0.2) is 25.7 Å². The number of rotatable bonds is 7. The summed E-state index contributed by atoms with van der Waals surface area (Å²) in [6.45, 7) is 2.76. The Kier molecular flexibility index (Phi) is 6.98. The summed E-state index contributed by atoms with van der Waals surface area (Å²) in [5.74, 6) is -0.0718. The average Bonchev–Trinajstić information content (AvgIpc) is 2.58. The highest BCUT2D eigenvalue weighted by molar-refractivity contribution is 5.99. The Hall–Kier alpha value is -2.86. The SMILES string of the molecule is COCCC(=O)NCc1cccc(NC(=O)Nc2cccc(C)c2)c1. The molecular weight excluding hydrogens is 318 g/mol. The van der Waals surface area contributed by atoms with Crippen LogP contribution in [0.3, 0.4) is 0 Å². The largest absolute Gasteiger partial charge is 0.384 e. The minimum atomic E-state index is -0.313. The topological polar surface area (TPSA) is 79.5 Å². The molecule has 2 aromatic carbocycles. The van der Waals surface area contributed by atoms with E-state index in [-0.39, 0.29) is 11.9 Å². The number of urea groups is 1. The highest BCUT2D eigenvalue weighted by Crippen LogP contribution is 2.13. The van der Waals surface area contributed by atoms with Crippen LogP contribution in [0.1, 0.15) is 17.5 Å². The first-order valence-electron chi connectivity index (χ1n) is 8.06. The molecular formula is C19H23N3O3. The second kappa shape index (κ2) is 9.44. The lowest BCUT2D eigenvalue weighted by atomic mass is 10.2. The number of nitrogens with one attached hydrogen (secondary N) is 3. The standard InChI is InChI=1S/C19H23N3O3/c1-14-5-3-7-16(11-14)21-19(24)22-17-8-4-6-15(12-17)13-20-18(23)9-10-25-2/h3-8,11-12H,9-10,13H2,1-2H3,(H,20,23)(H2,21,22,24). The zero-order valence-electron chi connectivity index (χ0n) is 14.5. The van der Waals surface area contributed by atoms with Gasteiger partial charge in [-0.25, -0.2) is 4.79 Å². The zero-order chi connectivity index (χ0) is 18.1. The van der Waals surface area contributed by atoms with Crippen LogP contribution in [-0.2, 0) is 16.1 Å². The van der Waals surface area contributed by atoms with Gasteiger partial charge in [0, 0.05) is 31.5 Å². The van der Waals surface area contributed by atoms with Crippen LogP contribution in [0, 0.1) is 6.92 Å². The fourth-order valence-electron chi connectivity index (χ4n) is 2.26. The van der Waals surface area contributed by atoms with Gasteiger partial charge < -0.3 is 20.7 Å². The van der Waals surface area contributed by atoms with E-state index < -0.39 is 0 Å². The molecule has 0 heterocycles. The Morgan fingerprint density at radius 3 is 2.36 bits per heavy atom. The molecule has 0 radical (unpaired) electrons. The second-order valence-corrected chi connectivity index (χ2v) is 5.67. The number of carbonyl (C=O) groups is 2. The molecule has 25 heavy (non-hydrogen) atoms. The van der Waals surface area contributed by atoms with Crippen molar-refractivity contribution in [2.45, 2.75) is 19.9 Å². The molecule has 132 valence electrons. The van der Waals surface area contributed by atoms with Crippen molar-refractivity contribution in [3.05, 3.63) is 59.7 Å². The van der Waals surface area contributed by atoms with Crippen molar-refractivity contribution in [1.82, 2.24) is 5.32 Å². The van der Waals surface area contributed by atoms with E-state index in [1.165, 1.54) is 0 Å². The quantitative estimate of drug-likeness (QED) is 0.723. The molecule has 6 nitrogen and oxygen atoms in total. The predicted molar refractivity (Wildman–Crippen MR) is 98.6 cm³/mol. The fourth-order valence-corrected chi connectivity index (χ4v) is 2.26. The number of benzene rings is 2. The Balaban J connectivity index is 1.88. The molecule has 0 saturated heterocycles. The number of hydrogen-bond acceptors (Lipinski definition) is 3. The van der Waals surface area contributed by atoms with Crippen LogP contribution >= 0.6 is 0 Å². The Morgan fingerprint density at radius 2 is 1.68 bits per heavy atom. The summed E-state index contributed by atoms with van der Waals surface area (Å²) in [5, 5.41) is 8.39. The van der Waals surface area contributed by atoms with Gasteiger partial charge in [-0.2, -0.15) is 0 Å². The molecule has 0 fully saturated rings. The average molecular weight is 341 g/mol. The molecule has 0 saturated carbocycles. The summed E-state index contributed by atoms with van der Waals surface area (Å²) < 4.78 is 4.87. The number of amides is 3. The molecule has 0 aliphatic heterocycles. The van der Waals surface area contributed by atoms with E-state index >= 15 is 0 Å². The molecule has 0 spiro atoms. The maximum Gasteiger partial charge on any atom is 0.323 e. The van der Waals surface area contributed by atoms with Crippen molar-refractivity contribution in [2.75, 3.05) is 24.4 Å². The van der Waals surface area contributed by atoms with Crippen molar-refractivity contribution >= 4 is 23.3 Å². The molecule has 2 rings (SSSR count). The molecule has 6 heteroatoms. The van der Waals surface area contributed by atoms with Gasteiger partial charge in [-0.3, -0.25) is 4.79 Å². The predicted octanol–water partition coefficient (Wildman–Crippen LogP) is 3.29. The summed E-state index contributed by atoms with van der Waals surface area (Å²) in [4.78, 5) is 23.7. The van der Waals surface area contributed by atoms with Crippen molar-refractivity contribution in [3.8, 4) is 0 Å². The maximum absolute atomic E-state index is 12.1. The van der Waals surface area contributed by atoms with E-state index in [1.807, 2.05) is 49.4 Å². The molecule has 0 aliphatic rings. The van der Waals surface area contributed by atoms with Gasteiger partial charge in [0.1, 0.15) is 0 Å². The van der Waals surface area contributed by atoms with Crippen molar-refractivity contribution in [2.24, 2.45) is 0 Å². The van der Waals surface area contributed by atoms with Gasteiger partial charge in [0.05, 0.1) is 6.61 Å². The third-order valence-electron chi connectivity index (χ3n) is 3.48. The summed E-state index contributed by atoms with van der Waals surface area (Å²) in [7, 11) is 1.56. The normalized spacial score (nSPS) is 10.2. The van der Waals surface area contributed by atoms with Gasteiger partial charge in [0.15, 0.2) is 0 Å². The lowest BCUT2D eigenvalue weighted by molar-refractivity contribution is -0.122. The first-order chi connectivity index (χ1) is 12.1. The zero-order valence-corrected chi connectivity index (χ0v) is 14.5. The van der Waals surface area contributed by atoms with Gasteiger partial charge in [-0.1, -0.05) is 24.3 Å². The monoisotopic (exact) mass is 341 g/mol. The van der Waals surface area contributed by atoms with E-state index in [2.05, 4.69) is 16.0 Å². The van der Waals surface area contributed by atoms with Gasteiger partial charge in [-0.05, 0) is 42.3 Å². The van der Waals surface area contributed by atoms with Crippen LogP contribution in [0.2, 0.25) is 0 Å². The van der Waals surface area contributed by atoms with E-state index in [4.69, 9.17) is 4.74 Å². The number of aryl methyl sites for hydroxylation is 1. The van der Waals surface area contributed by atoms with E-state index in [0.29, 0.717) is 25.3 Å². The molecule has 3 N–H and O–H groups in total. The smallest absolute Gasteiger partial charge is 0.323 e. The lowest BCUT2D eigenvalue weighted by Crippen LogP contribution is -2.24. The Morgan fingerprint density at radius 1 is 1.00 bits per heavy atom. The second-order valence-electron chi connectivity index (χ2n) is 5.67. The van der Waals surface area contributed by atoms with E-state index in [9.17, 15) is 9.59 Å². The minimum Gasteiger partial charge on any atom is -0.384 e. The van der Waals surface area contributed by atoms with Crippen LogP contribution in [0.25, 0.3) is 0 Å². The van der Waals surface area contributed by atoms with E-state index in [1.54, 1.807) is 13.2 Å². The van der Waals surface area contributed by atoms with Gasteiger partial charge in [0.25, 0.3) is 0 Å². The number of carbonyl (C=O) groups excluding carboxylic acids is 2. The van der Waals surface area contributed by atoms with Crippen molar-refractivity contribution < 1.29 is 14.3 Å². The van der Waals surface area contributed by atoms with Crippen LogP contribution in [0.5, 0.6) is 0 Å². The van der Waals surface area contributed by atoms with E-state index in [0.717, 1.165) is 16.8 Å². The Labute approximate surface area is 147 Å². The molecule has 3 amide bonds. The Bertz CT molecular complexity index is 731. The van der Waals surface area contributed by atoms with Gasteiger partial charge in [-0.15, -0.1) is 0 Å². The van der Waals surface area contributed by atoms with Crippen molar-refractivity contribution in [3.63, 3.8) is 0 Å². The van der Waals surface area contributed by atoms with Crippen LogP contribution < -0.4 is 16.0 Å². The first-order valence-corrected chi connectivity index (χ1v) is 8.06.